The minimum atomic E-state index is 0.919. The Morgan fingerprint density at radius 3 is 2.65 bits per heavy atom. The summed E-state index contributed by atoms with van der Waals surface area (Å²) in [6.07, 6.45) is 2.79. The fourth-order valence-corrected chi connectivity index (χ4v) is 3.58. The van der Waals surface area contributed by atoms with Crippen molar-refractivity contribution >= 4 is 28.4 Å². The molecule has 0 fully saturated rings. The third-order valence-electron chi connectivity index (χ3n) is 3.80. The standard InChI is InChI=1S/C19H15N3S/c1-2-14-7-9-15(10-8-14)13-16-11-12-19(23-16)22-18-6-4-3-5-17(18)20-21-22/h2-12H,1,13H2. The smallest absolute Gasteiger partial charge is 0.120 e. The van der Waals surface area contributed by atoms with E-state index in [1.54, 1.807) is 11.3 Å². The second-order valence-corrected chi connectivity index (χ2v) is 6.50. The summed E-state index contributed by atoms with van der Waals surface area (Å²) in [5.74, 6) is 0. The molecule has 2 heterocycles. The predicted octanol–water partition coefficient (Wildman–Crippen LogP) is 4.72. The molecule has 23 heavy (non-hydrogen) atoms. The Hall–Kier alpha value is -2.72. The van der Waals surface area contributed by atoms with Crippen LogP contribution in [0.15, 0.2) is 67.2 Å². The fraction of sp³-hybridized carbons (Fsp3) is 0.0526. The number of rotatable bonds is 4. The number of nitrogens with zero attached hydrogens (tertiary/aromatic N) is 3. The van der Waals surface area contributed by atoms with E-state index in [1.165, 1.54) is 10.4 Å². The van der Waals surface area contributed by atoms with Crippen LogP contribution >= 0.6 is 11.3 Å². The number of hydrogen-bond acceptors (Lipinski definition) is 3. The number of fused-ring (bicyclic) bond motifs is 1. The fourth-order valence-electron chi connectivity index (χ4n) is 2.58. The molecule has 0 spiro atoms. The van der Waals surface area contributed by atoms with Crippen LogP contribution in [-0.4, -0.2) is 15.0 Å². The van der Waals surface area contributed by atoms with Gasteiger partial charge in [0.1, 0.15) is 10.5 Å². The van der Waals surface area contributed by atoms with Gasteiger partial charge >= 0.3 is 0 Å². The van der Waals surface area contributed by atoms with Crippen LogP contribution in [0.4, 0.5) is 0 Å². The maximum absolute atomic E-state index is 4.27. The molecule has 0 aliphatic carbocycles. The lowest BCUT2D eigenvalue weighted by Crippen LogP contribution is -1.92. The lowest BCUT2D eigenvalue weighted by molar-refractivity contribution is 0.835. The summed E-state index contributed by atoms with van der Waals surface area (Å²) in [4.78, 5) is 1.31. The van der Waals surface area contributed by atoms with E-state index >= 15 is 0 Å². The van der Waals surface area contributed by atoms with E-state index < -0.39 is 0 Å². The molecule has 3 nitrogen and oxygen atoms in total. The van der Waals surface area contributed by atoms with E-state index in [0.717, 1.165) is 28.0 Å². The second-order valence-electron chi connectivity index (χ2n) is 5.35. The average Bonchev–Trinajstić information content (AvgIpc) is 3.22. The zero-order valence-electron chi connectivity index (χ0n) is 12.5. The predicted molar refractivity (Wildman–Crippen MR) is 96.1 cm³/mol. The van der Waals surface area contributed by atoms with Gasteiger partial charge in [0.05, 0.1) is 5.52 Å². The van der Waals surface area contributed by atoms with Gasteiger partial charge in [-0.15, -0.1) is 16.4 Å². The van der Waals surface area contributed by atoms with Crippen LogP contribution in [0.5, 0.6) is 0 Å². The minimum absolute atomic E-state index is 0.919. The zero-order valence-corrected chi connectivity index (χ0v) is 13.3. The van der Waals surface area contributed by atoms with Crippen LogP contribution in [0.2, 0.25) is 0 Å². The molecule has 0 bridgehead atoms. The Morgan fingerprint density at radius 2 is 1.83 bits per heavy atom. The van der Waals surface area contributed by atoms with Gasteiger partial charge in [0, 0.05) is 11.3 Å². The first-order chi connectivity index (χ1) is 11.3. The molecule has 0 amide bonds. The largest absolute Gasteiger partial charge is 0.203 e. The summed E-state index contributed by atoms with van der Waals surface area (Å²) in [7, 11) is 0. The van der Waals surface area contributed by atoms with Gasteiger partial charge in [-0.25, -0.2) is 4.68 Å². The Balaban J connectivity index is 1.62. The van der Waals surface area contributed by atoms with Gasteiger partial charge < -0.3 is 0 Å². The van der Waals surface area contributed by atoms with Crippen molar-refractivity contribution in [3.05, 3.63) is 83.2 Å². The quantitative estimate of drug-likeness (QED) is 0.545. The molecule has 0 saturated carbocycles. The van der Waals surface area contributed by atoms with Crippen LogP contribution in [0.25, 0.3) is 22.1 Å². The molecule has 2 aromatic heterocycles. The highest BCUT2D eigenvalue weighted by molar-refractivity contribution is 7.14. The lowest BCUT2D eigenvalue weighted by Gasteiger charge is -2.00. The third kappa shape index (κ3) is 2.69. The van der Waals surface area contributed by atoms with Crippen LogP contribution in [0, 0.1) is 0 Å². The highest BCUT2D eigenvalue weighted by atomic mass is 32.1. The monoisotopic (exact) mass is 317 g/mol. The van der Waals surface area contributed by atoms with Crippen molar-refractivity contribution in [3.63, 3.8) is 0 Å². The zero-order chi connectivity index (χ0) is 15.6. The van der Waals surface area contributed by atoms with E-state index in [4.69, 9.17) is 0 Å². The molecule has 4 rings (SSSR count). The molecule has 2 aromatic carbocycles. The summed E-state index contributed by atoms with van der Waals surface area (Å²) in [5, 5.41) is 9.59. The molecule has 0 unspecified atom stereocenters. The summed E-state index contributed by atoms with van der Waals surface area (Å²) in [6.45, 7) is 3.79. The van der Waals surface area contributed by atoms with E-state index in [9.17, 15) is 0 Å². The van der Waals surface area contributed by atoms with Crippen LogP contribution in [0.3, 0.4) is 0 Å². The lowest BCUT2D eigenvalue weighted by atomic mass is 10.1. The SMILES string of the molecule is C=Cc1ccc(Cc2ccc(-n3nnc4ccccc43)s2)cc1. The van der Waals surface area contributed by atoms with Gasteiger partial charge in [-0.2, -0.15) is 0 Å². The minimum Gasteiger partial charge on any atom is -0.203 e. The number of aromatic nitrogens is 3. The number of benzene rings is 2. The van der Waals surface area contributed by atoms with Crippen molar-refractivity contribution < 1.29 is 0 Å². The van der Waals surface area contributed by atoms with Crippen molar-refractivity contribution in [1.29, 1.82) is 0 Å². The first-order valence-electron chi connectivity index (χ1n) is 7.44. The van der Waals surface area contributed by atoms with Crippen molar-refractivity contribution in [2.24, 2.45) is 0 Å². The first kappa shape index (κ1) is 13.9. The molecule has 0 saturated heterocycles. The number of thiophene rings is 1. The Labute approximate surface area is 138 Å². The molecule has 0 atom stereocenters. The molecule has 0 N–H and O–H groups in total. The maximum Gasteiger partial charge on any atom is 0.120 e. The summed E-state index contributed by atoms with van der Waals surface area (Å²) in [6, 6.07) is 20.8. The molecular formula is C19H15N3S. The Morgan fingerprint density at radius 1 is 1.00 bits per heavy atom. The van der Waals surface area contributed by atoms with Gasteiger partial charge in [-0.1, -0.05) is 54.3 Å². The highest BCUT2D eigenvalue weighted by Crippen LogP contribution is 2.25. The molecule has 4 aromatic rings. The second kappa shape index (κ2) is 5.82. The van der Waals surface area contributed by atoms with Gasteiger partial charge in [-0.05, 0) is 35.4 Å². The Kier molecular flexibility index (Phi) is 3.52. The topological polar surface area (TPSA) is 30.7 Å². The van der Waals surface area contributed by atoms with Crippen LogP contribution < -0.4 is 0 Å². The molecule has 0 aliphatic heterocycles. The molecule has 0 radical (unpaired) electrons. The Bertz CT molecular complexity index is 964. The summed E-state index contributed by atoms with van der Waals surface area (Å²) in [5.41, 5.74) is 4.40. The molecule has 4 heteroatoms. The van der Waals surface area contributed by atoms with Gasteiger partial charge in [0.25, 0.3) is 0 Å². The van der Waals surface area contributed by atoms with Gasteiger partial charge in [0.2, 0.25) is 0 Å². The molecule has 0 aliphatic rings. The van der Waals surface area contributed by atoms with E-state index in [1.807, 2.05) is 35.0 Å². The van der Waals surface area contributed by atoms with Gasteiger partial charge in [-0.3, -0.25) is 0 Å². The number of hydrogen-bond donors (Lipinski definition) is 0. The van der Waals surface area contributed by atoms with Crippen LogP contribution in [-0.2, 0) is 6.42 Å². The van der Waals surface area contributed by atoms with Crippen molar-refractivity contribution in [1.82, 2.24) is 15.0 Å². The average molecular weight is 317 g/mol. The highest BCUT2D eigenvalue weighted by Gasteiger charge is 2.08. The molecular weight excluding hydrogens is 302 g/mol. The normalized spacial score (nSPS) is 11.0. The van der Waals surface area contributed by atoms with Crippen molar-refractivity contribution in [2.75, 3.05) is 0 Å². The number of para-hydroxylation sites is 1. The first-order valence-corrected chi connectivity index (χ1v) is 8.26. The molecule has 112 valence electrons. The maximum atomic E-state index is 4.27. The summed E-state index contributed by atoms with van der Waals surface area (Å²) < 4.78 is 1.91. The summed E-state index contributed by atoms with van der Waals surface area (Å²) >= 11 is 1.75. The van der Waals surface area contributed by atoms with Gasteiger partial charge in [0.15, 0.2) is 0 Å². The van der Waals surface area contributed by atoms with E-state index in [0.29, 0.717) is 0 Å². The van der Waals surface area contributed by atoms with Crippen LogP contribution in [0.1, 0.15) is 16.0 Å². The third-order valence-corrected chi connectivity index (χ3v) is 4.86. The van der Waals surface area contributed by atoms with Crippen molar-refractivity contribution in [3.8, 4) is 5.00 Å². The van der Waals surface area contributed by atoms with E-state index in [-0.39, 0.29) is 0 Å². The van der Waals surface area contributed by atoms with Crippen molar-refractivity contribution in [2.45, 2.75) is 6.42 Å². The van der Waals surface area contributed by atoms with E-state index in [2.05, 4.69) is 53.3 Å².